The fourth-order valence-electron chi connectivity index (χ4n) is 1.04. The van der Waals surface area contributed by atoms with Gasteiger partial charge < -0.3 is 14.2 Å². The normalized spacial score (nSPS) is 24.0. The van der Waals surface area contributed by atoms with Crippen LogP contribution >= 0.6 is 0 Å². The molecule has 4 nitrogen and oxygen atoms in total. The van der Waals surface area contributed by atoms with Gasteiger partial charge in [-0.2, -0.15) is 0 Å². The van der Waals surface area contributed by atoms with E-state index in [0.29, 0.717) is 0 Å². The molecule has 4 heteroatoms. The summed E-state index contributed by atoms with van der Waals surface area (Å²) in [6.07, 6.45) is 1.69. The lowest BCUT2D eigenvalue weighted by Gasteiger charge is -2.15. The summed E-state index contributed by atoms with van der Waals surface area (Å²) in [7, 11) is 0. The maximum Gasteiger partial charge on any atom is 0.311 e. The number of carbonyl (C=O) groups is 1. The van der Waals surface area contributed by atoms with Crippen molar-refractivity contribution in [2.24, 2.45) is 5.41 Å². The third-order valence-corrected chi connectivity index (χ3v) is 2.06. The molecule has 15 heavy (non-hydrogen) atoms. The molecule has 1 aliphatic rings. The summed E-state index contributed by atoms with van der Waals surface area (Å²) in [5.74, 6) is 0.516. The Morgan fingerprint density at radius 2 is 2.27 bits per heavy atom. The van der Waals surface area contributed by atoms with Gasteiger partial charge in [0.05, 0.1) is 5.41 Å². The SMILES string of the molecule is CC1OCO/C1=C/COC(=O)C(C)(C)C. The van der Waals surface area contributed by atoms with Crippen LogP contribution in [0.25, 0.3) is 0 Å². The highest BCUT2D eigenvalue weighted by Gasteiger charge is 2.23. The summed E-state index contributed by atoms with van der Waals surface area (Å²) in [6, 6.07) is 0. The Labute approximate surface area is 90.2 Å². The minimum atomic E-state index is -0.461. The molecule has 0 spiro atoms. The molecular weight excluding hydrogens is 196 g/mol. The average molecular weight is 214 g/mol. The average Bonchev–Trinajstić information content (AvgIpc) is 2.50. The van der Waals surface area contributed by atoms with Crippen molar-refractivity contribution in [1.29, 1.82) is 0 Å². The first-order chi connectivity index (χ1) is 6.91. The molecule has 1 aliphatic heterocycles. The van der Waals surface area contributed by atoms with Crippen molar-refractivity contribution in [2.45, 2.75) is 33.8 Å². The number of hydrogen-bond acceptors (Lipinski definition) is 4. The Morgan fingerprint density at radius 1 is 1.60 bits per heavy atom. The van der Waals surface area contributed by atoms with Crippen LogP contribution in [0.4, 0.5) is 0 Å². The molecule has 1 saturated heterocycles. The summed E-state index contributed by atoms with van der Waals surface area (Å²) in [6.45, 7) is 7.87. The van der Waals surface area contributed by atoms with Crippen molar-refractivity contribution in [3.8, 4) is 0 Å². The van der Waals surface area contributed by atoms with Gasteiger partial charge in [-0.25, -0.2) is 0 Å². The van der Waals surface area contributed by atoms with Crippen LogP contribution in [0, 0.1) is 5.41 Å². The number of rotatable bonds is 2. The molecule has 1 heterocycles. The standard InChI is InChI=1S/C11H18O4/c1-8-9(15-7-14-8)5-6-13-10(12)11(2,3)4/h5,8H,6-7H2,1-4H3/b9-5+. The first-order valence-corrected chi connectivity index (χ1v) is 5.03. The number of esters is 1. The molecule has 0 bridgehead atoms. The third kappa shape index (κ3) is 3.55. The van der Waals surface area contributed by atoms with E-state index in [1.165, 1.54) is 0 Å². The molecule has 0 amide bonds. The van der Waals surface area contributed by atoms with Gasteiger partial charge >= 0.3 is 5.97 Å². The molecule has 0 aromatic carbocycles. The molecule has 1 unspecified atom stereocenters. The largest absolute Gasteiger partial charge is 0.469 e. The zero-order chi connectivity index (χ0) is 11.5. The van der Waals surface area contributed by atoms with Crippen molar-refractivity contribution < 1.29 is 19.0 Å². The predicted octanol–water partition coefficient (Wildman–Crippen LogP) is 1.85. The van der Waals surface area contributed by atoms with E-state index < -0.39 is 5.41 Å². The van der Waals surface area contributed by atoms with E-state index in [0.717, 1.165) is 5.76 Å². The van der Waals surface area contributed by atoms with Gasteiger partial charge in [0, 0.05) is 0 Å². The monoisotopic (exact) mass is 214 g/mol. The predicted molar refractivity (Wildman–Crippen MR) is 55.0 cm³/mol. The number of ether oxygens (including phenoxy) is 3. The fraction of sp³-hybridized carbons (Fsp3) is 0.727. The molecule has 0 aliphatic carbocycles. The van der Waals surface area contributed by atoms with Gasteiger partial charge in [-0.1, -0.05) is 0 Å². The molecule has 0 radical (unpaired) electrons. The Morgan fingerprint density at radius 3 is 2.73 bits per heavy atom. The van der Waals surface area contributed by atoms with Crippen LogP contribution < -0.4 is 0 Å². The zero-order valence-corrected chi connectivity index (χ0v) is 9.70. The summed E-state index contributed by atoms with van der Waals surface area (Å²) in [4.78, 5) is 11.4. The van der Waals surface area contributed by atoms with E-state index >= 15 is 0 Å². The lowest BCUT2D eigenvalue weighted by Crippen LogP contribution is -2.23. The summed E-state index contributed by atoms with van der Waals surface area (Å²) in [5.41, 5.74) is -0.461. The lowest BCUT2D eigenvalue weighted by molar-refractivity contribution is -0.151. The van der Waals surface area contributed by atoms with Crippen molar-refractivity contribution in [2.75, 3.05) is 13.4 Å². The van der Waals surface area contributed by atoms with E-state index in [1.807, 2.05) is 27.7 Å². The van der Waals surface area contributed by atoms with Crippen molar-refractivity contribution in [3.05, 3.63) is 11.8 Å². The maximum absolute atomic E-state index is 11.4. The minimum absolute atomic E-state index is 0.0432. The molecule has 0 saturated carbocycles. The van der Waals surface area contributed by atoms with Crippen molar-refractivity contribution >= 4 is 5.97 Å². The smallest absolute Gasteiger partial charge is 0.311 e. The van der Waals surface area contributed by atoms with Gasteiger partial charge in [0.25, 0.3) is 0 Å². The van der Waals surface area contributed by atoms with Gasteiger partial charge in [-0.05, 0) is 33.8 Å². The van der Waals surface area contributed by atoms with E-state index in [4.69, 9.17) is 14.2 Å². The lowest BCUT2D eigenvalue weighted by atomic mass is 9.97. The maximum atomic E-state index is 11.4. The molecule has 1 rings (SSSR count). The summed E-state index contributed by atoms with van der Waals surface area (Å²) in [5, 5.41) is 0. The highest BCUT2D eigenvalue weighted by Crippen LogP contribution is 2.17. The zero-order valence-electron chi connectivity index (χ0n) is 9.70. The van der Waals surface area contributed by atoms with Gasteiger partial charge in [-0.3, -0.25) is 4.79 Å². The van der Waals surface area contributed by atoms with Crippen molar-refractivity contribution in [3.63, 3.8) is 0 Å². The van der Waals surface area contributed by atoms with Gasteiger partial charge in [0.2, 0.25) is 0 Å². The molecule has 0 aromatic heterocycles. The molecule has 0 aromatic rings. The molecule has 1 atom stereocenters. The van der Waals surface area contributed by atoms with Crippen LogP contribution in [0.5, 0.6) is 0 Å². The Bertz CT molecular complexity index is 262. The Hall–Kier alpha value is -1.03. The second-order valence-electron chi connectivity index (χ2n) is 4.53. The van der Waals surface area contributed by atoms with E-state index in [-0.39, 0.29) is 25.5 Å². The molecule has 0 N–H and O–H groups in total. The second-order valence-corrected chi connectivity index (χ2v) is 4.53. The van der Waals surface area contributed by atoms with Crippen LogP contribution in [-0.2, 0) is 19.0 Å². The summed E-state index contributed by atoms with van der Waals surface area (Å²) < 4.78 is 15.4. The highest BCUT2D eigenvalue weighted by atomic mass is 16.7. The topological polar surface area (TPSA) is 44.8 Å². The van der Waals surface area contributed by atoms with Crippen LogP contribution in [-0.4, -0.2) is 25.5 Å². The van der Waals surface area contributed by atoms with Crippen molar-refractivity contribution in [1.82, 2.24) is 0 Å². The van der Waals surface area contributed by atoms with E-state index in [9.17, 15) is 4.79 Å². The van der Waals surface area contributed by atoms with Gasteiger partial charge in [0.15, 0.2) is 6.79 Å². The number of carbonyl (C=O) groups excluding carboxylic acids is 1. The summed E-state index contributed by atoms with van der Waals surface area (Å²) >= 11 is 0. The third-order valence-electron chi connectivity index (χ3n) is 2.06. The fourth-order valence-corrected chi connectivity index (χ4v) is 1.04. The van der Waals surface area contributed by atoms with Crippen LogP contribution in [0.2, 0.25) is 0 Å². The quantitative estimate of drug-likeness (QED) is 0.658. The highest BCUT2D eigenvalue weighted by molar-refractivity contribution is 5.75. The molecular formula is C11H18O4. The first kappa shape index (κ1) is 12.0. The first-order valence-electron chi connectivity index (χ1n) is 5.03. The van der Waals surface area contributed by atoms with Crippen LogP contribution in [0.3, 0.4) is 0 Å². The van der Waals surface area contributed by atoms with Gasteiger partial charge in [0.1, 0.15) is 18.5 Å². The minimum Gasteiger partial charge on any atom is -0.469 e. The van der Waals surface area contributed by atoms with E-state index in [1.54, 1.807) is 6.08 Å². The molecule has 86 valence electrons. The van der Waals surface area contributed by atoms with E-state index in [2.05, 4.69) is 0 Å². The van der Waals surface area contributed by atoms with Crippen LogP contribution in [0.15, 0.2) is 11.8 Å². The Kier molecular flexibility index (Phi) is 3.74. The van der Waals surface area contributed by atoms with Gasteiger partial charge in [-0.15, -0.1) is 0 Å². The number of hydrogen-bond donors (Lipinski definition) is 0. The van der Waals surface area contributed by atoms with Crippen LogP contribution in [0.1, 0.15) is 27.7 Å². The molecule has 1 fully saturated rings. The second kappa shape index (κ2) is 4.66. The Balaban J connectivity index is 2.35.